The Hall–Kier alpha value is -2.20. The standard InChI is InChI=1S/C16H15ClN2O2/c1-2-16-19-13-8-11(4-6-15(13)21-16)18-9-10-3-5-14(20)12(17)7-10/h3-8,18,20H,2,9H2,1H3. The summed E-state index contributed by atoms with van der Waals surface area (Å²) in [5.41, 5.74) is 3.60. The molecule has 5 heteroatoms. The second-order valence-corrected chi connectivity index (χ2v) is 5.19. The van der Waals surface area contributed by atoms with Crippen LogP contribution in [0.5, 0.6) is 5.75 Å². The summed E-state index contributed by atoms with van der Waals surface area (Å²) >= 11 is 5.89. The molecule has 0 saturated heterocycles. The van der Waals surface area contributed by atoms with Crippen molar-refractivity contribution < 1.29 is 9.52 Å². The summed E-state index contributed by atoms with van der Waals surface area (Å²) in [7, 11) is 0. The van der Waals surface area contributed by atoms with Crippen LogP contribution in [-0.2, 0) is 13.0 Å². The van der Waals surface area contributed by atoms with Gasteiger partial charge in [0.15, 0.2) is 11.5 Å². The fraction of sp³-hybridized carbons (Fsp3) is 0.188. The summed E-state index contributed by atoms with van der Waals surface area (Å²) in [5, 5.41) is 13.1. The molecule has 108 valence electrons. The number of aryl methyl sites for hydroxylation is 1. The normalized spacial score (nSPS) is 11.0. The van der Waals surface area contributed by atoms with Crippen LogP contribution in [0.15, 0.2) is 40.8 Å². The van der Waals surface area contributed by atoms with E-state index < -0.39 is 0 Å². The third-order valence-electron chi connectivity index (χ3n) is 3.24. The number of aromatic nitrogens is 1. The molecule has 3 rings (SSSR count). The van der Waals surface area contributed by atoms with Gasteiger partial charge in [0.25, 0.3) is 0 Å². The predicted octanol–water partition coefficient (Wildman–Crippen LogP) is 4.36. The number of benzene rings is 2. The lowest BCUT2D eigenvalue weighted by molar-refractivity contribution is 0.475. The molecule has 0 radical (unpaired) electrons. The number of phenols is 1. The lowest BCUT2D eigenvalue weighted by atomic mass is 10.2. The number of aromatic hydroxyl groups is 1. The summed E-state index contributed by atoms with van der Waals surface area (Å²) in [4.78, 5) is 4.41. The van der Waals surface area contributed by atoms with Crippen molar-refractivity contribution in [3.8, 4) is 5.75 Å². The van der Waals surface area contributed by atoms with E-state index in [2.05, 4.69) is 10.3 Å². The van der Waals surface area contributed by atoms with Gasteiger partial charge in [-0.05, 0) is 35.9 Å². The molecule has 0 aliphatic carbocycles. The Balaban J connectivity index is 1.76. The number of halogens is 1. The van der Waals surface area contributed by atoms with Crippen molar-refractivity contribution in [3.05, 3.63) is 52.9 Å². The van der Waals surface area contributed by atoms with E-state index in [1.807, 2.05) is 31.2 Å². The zero-order valence-corrected chi connectivity index (χ0v) is 12.3. The number of rotatable bonds is 4. The Morgan fingerprint density at radius 2 is 2.10 bits per heavy atom. The fourth-order valence-electron chi connectivity index (χ4n) is 2.10. The molecule has 3 aromatic rings. The first kappa shape index (κ1) is 13.8. The maximum atomic E-state index is 9.40. The molecule has 1 aromatic heterocycles. The van der Waals surface area contributed by atoms with Crippen molar-refractivity contribution in [3.63, 3.8) is 0 Å². The summed E-state index contributed by atoms with van der Waals surface area (Å²) in [6.45, 7) is 2.63. The van der Waals surface area contributed by atoms with Crippen molar-refractivity contribution in [1.29, 1.82) is 0 Å². The highest BCUT2D eigenvalue weighted by atomic mass is 35.5. The molecule has 1 heterocycles. The molecule has 0 aliphatic rings. The van der Waals surface area contributed by atoms with Gasteiger partial charge in [0.05, 0.1) is 5.02 Å². The molecule has 2 aromatic carbocycles. The molecule has 4 nitrogen and oxygen atoms in total. The molecule has 2 N–H and O–H groups in total. The van der Waals surface area contributed by atoms with Gasteiger partial charge in [0.2, 0.25) is 0 Å². The molecule has 0 amide bonds. The summed E-state index contributed by atoms with van der Waals surface area (Å²) in [6, 6.07) is 11.0. The summed E-state index contributed by atoms with van der Waals surface area (Å²) < 4.78 is 5.58. The second-order valence-electron chi connectivity index (χ2n) is 4.78. The van der Waals surface area contributed by atoms with Gasteiger partial charge in [-0.3, -0.25) is 0 Å². The van der Waals surface area contributed by atoms with Crippen LogP contribution in [-0.4, -0.2) is 10.1 Å². The molecule has 0 fully saturated rings. The Kier molecular flexibility index (Phi) is 3.71. The summed E-state index contributed by atoms with van der Waals surface area (Å²) in [6.07, 6.45) is 0.781. The van der Waals surface area contributed by atoms with Gasteiger partial charge in [0, 0.05) is 18.7 Å². The van der Waals surface area contributed by atoms with Gasteiger partial charge in [0.1, 0.15) is 11.3 Å². The van der Waals surface area contributed by atoms with E-state index in [4.69, 9.17) is 16.0 Å². The van der Waals surface area contributed by atoms with Gasteiger partial charge in [-0.1, -0.05) is 24.6 Å². The summed E-state index contributed by atoms with van der Waals surface area (Å²) in [5.74, 6) is 0.837. The van der Waals surface area contributed by atoms with E-state index in [0.29, 0.717) is 11.6 Å². The first-order valence-electron chi connectivity index (χ1n) is 6.76. The van der Waals surface area contributed by atoms with Gasteiger partial charge in [-0.2, -0.15) is 0 Å². The van der Waals surface area contributed by atoms with E-state index in [1.54, 1.807) is 12.1 Å². The first-order valence-corrected chi connectivity index (χ1v) is 7.14. The van der Waals surface area contributed by atoms with Crippen LogP contribution in [0.4, 0.5) is 5.69 Å². The quantitative estimate of drug-likeness (QED) is 0.751. The van der Waals surface area contributed by atoms with E-state index >= 15 is 0 Å². The highest BCUT2D eigenvalue weighted by Crippen LogP contribution is 2.25. The van der Waals surface area contributed by atoms with Crippen LogP contribution in [0.25, 0.3) is 11.1 Å². The molecule has 0 spiro atoms. The maximum Gasteiger partial charge on any atom is 0.195 e. The topological polar surface area (TPSA) is 58.3 Å². The van der Waals surface area contributed by atoms with Crippen LogP contribution in [0, 0.1) is 0 Å². The number of hydrogen-bond donors (Lipinski definition) is 2. The largest absolute Gasteiger partial charge is 0.506 e. The lowest BCUT2D eigenvalue weighted by Crippen LogP contribution is -1.99. The number of oxazole rings is 1. The van der Waals surface area contributed by atoms with Crippen molar-refractivity contribution in [2.45, 2.75) is 19.9 Å². The lowest BCUT2D eigenvalue weighted by Gasteiger charge is -2.07. The fourth-order valence-corrected chi connectivity index (χ4v) is 2.30. The van der Waals surface area contributed by atoms with Gasteiger partial charge in [-0.25, -0.2) is 4.98 Å². The molecule has 0 bridgehead atoms. The van der Waals surface area contributed by atoms with Gasteiger partial charge < -0.3 is 14.8 Å². The van der Waals surface area contributed by atoms with Gasteiger partial charge in [-0.15, -0.1) is 0 Å². The number of anilines is 1. The Bertz CT molecular complexity index is 783. The monoisotopic (exact) mass is 302 g/mol. The zero-order valence-electron chi connectivity index (χ0n) is 11.6. The van der Waals surface area contributed by atoms with Crippen LogP contribution in [0.1, 0.15) is 18.4 Å². The van der Waals surface area contributed by atoms with E-state index in [-0.39, 0.29) is 5.75 Å². The van der Waals surface area contributed by atoms with Crippen LogP contribution in [0.2, 0.25) is 5.02 Å². The third-order valence-corrected chi connectivity index (χ3v) is 3.55. The van der Waals surface area contributed by atoms with Gasteiger partial charge >= 0.3 is 0 Å². The zero-order chi connectivity index (χ0) is 14.8. The van der Waals surface area contributed by atoms with E-state index in [1.165, 1.54) is 0 Å². The molecule has 0 aliphatic heterocycles. The average Bonchev–Trinajstić information content (AvgIpc) is 2.90. The Morgan fingerprint density at radius 3 is 2.86 bits per heavy atom. The van der Waals surface area contributed by atoms with Crippen molar-refractivity contribution in [1.82, 2.24) is 4.98 Å². The van der Waals surface area contributed by atoms with Crippen molar-refractivity contribution in [2.75, 3.05) is 5.32 Å². The molecule has 0 saturated carbocycles. The van der Waals surface area contributed by atoms with Crippen LogP contribution in [0.3, 0.4) is 0 Å². The van der Waals surface area contributed by atoms with Crippen LogP contribution >= 0.6 is 11.6 Å². The number of nitrogens with one attached hydrogen (secondary N) is 1. The molecular formula is C16H15ClN2O2. The second kappa shape index (κ2) is 5.66. The highest BCUT2D eigenvalue weighted by molar-refractivity contribution is 6.32. The van der Waals surface area contributed by atoms with E-state index in [0.717, 1.165) is 34.7 Å². The molecule has 0 unspecified atom stereocenters. The molecule has 0 atom stereocenters. The smallest absolute Gasteiger partial charge is 0.195 e. The van der Waals surface area contributed by atoms with Crippen LogP contribution < -0.4 is 5.32 Å². The number of phenolic OH excluding ortho intramolecular Hbond substituents is 1. The maximum absolute atomic E-state index is 9.40. The first-order chi connectivity index (χ1) is 10.2. The molecular weight excluding hydrogens is 288 g/mol. The number of nitrogens with zero attached hydrogens (tertiary/aromatic N) is 1. The predicted molar refractivity (Wildman–Crippen MR) is 83.8 cm³/mol. The Labute approximate surface area is 127 Å². The number of hydrogen-bond acceptors (Lipinski definition) is 4. The molecule has 21 heavy (non-hydrogen) atoms. The van der Waals surface area contributed by atoms with Crippen molar-refractivity contribution >= 4 is 28.4 Å². The highest BCUT2D eigenvalue weighted by Gasteiger charge is 2.05. The Morgan fingerprint density at radius 1 is 1.24 bits per heavy atom. The minimum absolute atomic E-state index is 0.0940. The third kappa shape index (κ3) is 2.95. The minimum atomic E-state index is 0.0940. The number of fused-ring (bicyclic) bond motifs is 1. The minimum Gasteiger partial charge on any atom is -0.506 e. The van der Waals surface area contributed by atoms with E-state index in [9.17, 15) is 5.11 Å². The van der Waals surface area contributed by atoms with Crippen molar-refractivity contribution in [2.24, 2.45) is 0 Å². The SMILES string of the molecule is CCc1nc2cc(NCc3ccc(O)c(Cl)c3)ccc2o1. The average molecular weight is 303 g/mol.